The number of hydrogen-bond acceptors (Lipinski definition) is 7. The van der Waals surface area contributed by atoms with Gasteiger partial charge in [0.2, 0.25) is 16.8 Å². The molecule has 2 unspecified atom stereocenters. The second-order valence-electron chi connectivity index (χ2n) is 9.06. The van der Waals surface area contributed by atoms with Crippen LogP contribution >= 0.6 is 0 Å². The molecule has 2 aromatic rings. The van der Waals surface area contributed by atoms with Gasteiger partial charge in [0.1, 0.15) is 0 Å². The van der Waals surface area contributed by atoms with Crippen molar-refractivity contribution in [2.75, 3.05) is 19.9 Å². The second-order valence-corrected chi connectivity index (χ2v) is 11.0. The summed E-state index contributed by atoms with van der Waals surface area (Å²) >= 11 is 0. The largest absolute Gasteiger partial charge is 0.454 e. The molecule has 8 nitrogen and oxygen atoms in total. The molecule has 0 aromatic heterocycles. The molecule has 0 bridgehead atoms. The van der Waals surface area contributed by atoms with Gasteiger partial charge in [0.05, 0.1) is 17.1 Å². The summed E-state index contributed by atoms with van der Waals surface area (Å²) in [7, 11) is -3.98. The van der Waals surface area contributed by atoms with Crippen LogP contribution in [0.2, 0.25) is 0 Å². The van der Waals surface area contributed by atoms with E-state index in [4.69, 9.17) is 20.5 Å². The average Bonchev–Trinajstić information content (AvgIpc) is 3.25. The van der Waals surface area contributed by atoms with Crippen molar-refractivity contribution in [3.8, 4) is 17.6 Å². The molecule has 1 aliphatic rings. The van der Waals surface area contributed by atoms with Gasteiger partial charge < -0.3 is 20.3 Å². The molecule has 0 saturated heterocycles. The Balaban J connectivity index is 1.84. The fourth-order valence-electron chi connectivity index (χ4n) is 3.75. The van der Waals surface area contributed by atoms with Gasteiger partial charge in [0.15, 0.2) is 11.5 Å². The lowest BCUT2D eigenvalue weighted by Gasteiger charge is -2.34. The SMILES string of the molecule is CC(C)(CCC#N)CN(CC(O)C(N)Cc1ccccc1)S(=O)(=O)c1ccc2c(c1)OCO2. The number of sulfonamides is 1. The second kappa shape index (κ2) is 10.5. The fourth-order valence-corrected chi connectivity index (χ4v) is 5.41. The molecular formula is C24H31N3O5S. The van der Waals surface area contributed by atoms with Crippen LogP contribution in [0.15, 0.2) is 53.4 Å². The third-order valence-electron chi connectivity index (χ3n) is 5.70. The highest BCUT2D eigenvalue weighted by atomic mass is 32.2. The van der Waals surface area contributed by atoms with E-state index in [1.807, 2.05) is 44.2 Å². The molecule has 178 valence electrons. The number of nitrogens with zero attached hydrogens (tertiary/aromatic N) is 2. The van der Waals surface area contributed by atoms with E-state index in [9.17, 15) is 13.5 Å². The van der Waals surface area contributed by atoms with Gasteiger partial charge in [-0.05, 0) is 36.0 Å². The molecule has 9 heteroatoms. The Labute approximate surface area is 195 Å². The van der Waals surface area contributed by atoms with Crippen LogP contribution < -0.4 is 15.2 Å². The standard InChI is InChI=1S/C24H31N3O5S/c1-24(2,11-6-12-25)16-27(15-21(28)20(26)13-18-7-4-3-5-8-18)33(29,30)19-9-10-22-23(14-19)32-17-31-22/h3-5,7-10,14,20-21,28H,6,11,13,15-17,26H2,1-2H3. The van der Waals surface area contributed by atoms with Crippen molar-refractivity contribution in [2.45, 2.75) is 50.2 Å². The maximum Gasteiger partial charge on any atom is 0.243 e. The van der Waals surface area contributed by atoms with Crippen LogP contribution in [0, 0.1) is 16.7 Å². The minimum absolute atomic E-state index is 0.0385. The summed E-state index contributed by atoms with van der Waals surface area (Å²) in [4.78, 5) is 0.0478. The predicted octanol–water partition coefficient (Wildman–Crippen LogP) is 2.67. The van der Waals surface area contributed by atoms with Crippen LogP contribution in [0.3, 0.4) is 0 Å². The van der Waals surface area contributed by atoms with Gasteiger partial charge in [0, 0.05) is 31.6 Å². The first-order valence-corrected chi connectivity index (χ1v) is 12.3. The topological polar surface area (TPSA) is 126 Å². The Hall–Kier alpha value is -2.64. The summed E-state index contributed by atoms with van der Waals surface area (Å²) in [6.07, 6.45) is 0.155. The maximum absolute atomic E-state index is 13.6. The zero-order valence-electron chi connectivity index (χ0n) is 19.0. The number of benzene rings is 2. The Bertz CT molecular complexity index is 1080. The van der Waals surface area contributed by atoms with E-state index in [1.165, 1.54) is 16.4 Å². The van der Waals surface area contributed by atoms with Gasteiger partial charge in [-0.25, -0.2) is 8.42 Å². The van der Waals surface area contributed by atoms with Gasteiger partial charge in [-0.2, -0.15) is 9.57 Å². The molecular weight excluding hydrogens is 442 g/mol. The van der Waals surface area contributed by atoms with Crippen molar-refractivity contribution < 1.29 is 23.0 Å². The molecule has 33 heavy (non-hydrogen) atoms. The quantitative estimate of drug-likeness (QED) is 0.514. The van der Waals surface area contributed by atoms with Gasteiger partial charge in [0.25, 0.3) is 0 Å². The summed E-state index contributed by atoms with van der Waals surface area (Å²) in [5, 5.41) is 19.8. The summed E-state index contributed by atoms with van der Waals surface area (Å²) in [5.41, 5.74) is 6.72. The van der Waals surface area contributed by atoms with Crippen LogP contribution in [0.4, 0.5) is 0 Å². The summed E-state index contributed by atoms with van der Waals surface area (Å²) in [6.45, 7) is 3.81. The van der Waals surface area contributed by atoms with Crippen molar-refractivity contribution in [3.05, 3.63) is 54.1 Å². The Morgan fingerprint density at radius 1 is 1.18 bits per heavy atom. The number of aliphatic hydroxyl groups is 1. The van der Waals surface area contributed by atoms with Crippen molar-refractivity contribution in [1.29, 1.82) is 5.26 Å². The fraction of sp³-hybridized carbons (Fsp3) is 0.458. The molecule has 3 N–H and O–H groups in total. The zero-order valence-corrected chi connectivity index (χ0v) is 19.8. The van der Waals surface area contributed by atoms with Crippen molar-refractivity contribution >= 4 is 10.0 Å². The van der Waals surface area contributed by atoms with E-state index in [1.54, 1.807) is 6.07 Å². The molecule has 1 heterocycles. The lowest BCUT2D eigenvalue weighted by atomic mass is 9.88. The molecule has 0 aliphatic carbocycles. The number of hydrogen-bond donors (Lipinski definition) is 2. The van der Waals surface area contributed by atoms with E-state index in [2.05, 4.69) is 6.07 Å². The number of aliphatic hydroxyl groups excluding tert-OH is 1. The summed E-state index contributed by atoms with van der Waals surface area (Å²) in [5.74, 6) is 0.848. The van der Waals surface area contributed by atoms with Crippen LogP contribution in [-0.2, 0) is 16.4 Å². The van der Waals surface area contributed by atoms with Gasteiger partial charge in [-0.15, -0.1) is 0 Å². The zero-order chi connectivity index (χ0) is 24.1. The van der Waals surface area contributed by atoms with Gasteiger partial charge in [-0.1, -0.05) is 44.2 Å². The summed E-state index contributed by atoms with van der Waals surface area (Å²) < 4.78 is 39.1. The Kier molecular flexibility index (Phi) is 7.97. The van der Waals surface area contributed by atoms with Crippen molar-refractivity contribution in [2.24, 2.45) is 11.1 Å². The normalized spacial score (nSPS) is 15.3. The average molecular weight is 474 g/mol. The predicted molar refractivity (Wildman–Crippen MR) is 124 cm³/mol. The number of ether oxygens (including phenoxy) is 2. The maximum atomic E-state index is 13.6. The number of fused-ring (bicyclic) bond motifs is 1. The molecule has 3 rings (SSSR count). The molecule has 0 saturated carbocycles. The van der Waals surface area contributed by atoms with Crippen LogP contribution in [0.5, 0.6) is 11.5 Å². The third-order valence-corrected chi connectivity index (χ3v) is 7.51. The van der Waals surface area contributed by atoms with Crippen LogP contribution in [0.1, 0.15) is 32.3 Å². The highest BCUT2D eigenvalue weighted by Crippen LogP contribution is 2.35. The highest BCUT2D eigenvalue weighted by Gasteiger charge is 2.34. The van der Waals surface area contributed by atoms with Crippen molar-refractivity contribution in [3.63, 3.8) is 0 Å². The van der Waals surface area contributed by atoms with E-state index in [0.29, 0.717) is 30.8 Å². The summed E-state index contributed by atoms with van der Waals surface area (Å²) in [6, 6.07) is 15.4. The Morgan fingerprint density at radius 2 is 1.88 bits per heavy atom. The first-order chi connectivity index (χ1) is 15.6. The Morgan fingerprint density at radius 3 is 2.58 bits per heavy atom. The highest BCUT2D eigenvalue weighted by molar-refractivity contribution is 7.89. The number of rotatable bonds is 11. The number of nitrogens with two attached hydrogens (primary N) is 1. The van der Waals surface area contributed by atoms with Crippen molar-refractivity contribution in [1.82, 2.24) is 4.31 Å². The smallest absolute Gasteiger partial charge is 0.243 e. The molecule has 0 spiro atoms. The van der Waals surface area contributed by atoms with Gasteiger partial charge in [-0.3, -0.25) is 0 Å². The van der Waals surface area contributed by atoms with E-state index >= 15 is 0 Å². The molecule has 0 radical (unpaired) electrons. The monoisotopic (exact) mass is 473 g/mol. The molecule has 2 aromatic carbocycles. The first kappa shape index (κ1) is 25.0. The minimum Gasteiger partial charge on any atom is -0.454 e. The lowest BCUT2D eigenvalue weighted by molar-refractivity contribution is 0.106. The molecule has 1 aliphatic heterocycles. The van der Waals surface area contributed by atoms with E-state index in [-0.39, 0.29) is 24.8 Å². The minimum atomic E-state index is -3.98. The number of nitriles is 1. The van der Waals surface area contributed by atoms with Gasteiger partial charge >= 0.3 is 0 Å². The van der Waals surface area contributed by atoms with Crippen LogP contribution in [0.25, 0.3) is 0 Å². The van der Waals surface area contributed by atoms with E-state index < -0.39 is 27.6 Å². The molecule has 0 amide bonds. The lowest BCUT2D eigenvalue weighted by Crippen LogP contribution is -2.48. The van der Waals surface area contributed by atoms with E-state index in [0.717, 1.165) is 5.56 Å². The van der Waals surface area contributed by atoms with Crippen LogP contribution in [-0.4, -0.2) is 49.9 Å². The molecule has 2 atom stereocenters. The first-order valence-electron chi connectivity index (χ1n) is 10.9. The third kappa shape index (κ3) is 6.45. The molecule has 0 fully saturated rings.